The van der Waals surface area contributed by atoms with E-state index in [1.807, 2.05) is 59.7 Å². The third-order valence-electron chi connectivity index (χ3n) is 7.39. The molecule has 1 N–H and O–H groups in total. The second kappa shape index (κ2) is 8.86. The minimum absolute atomic E-state index is 0.00822. The van der Waals surface area contributed by atoms with Gasteiger partial charge in [-0.3, -0.25) is 14.4 Å². The predicted octanol–water partition coefficient (Wildman–Crippen LogP) is 4.42. The lowest BCUT2D eigenvalue weighted by atomic mass is 9.90. The number of likely N-dealkylation sites (tertiary alicyclic amines) is 1. The number of thioether (sulfide) groups is 1. The average molecular weight is 464 g/mol. The molecular weight excluding hydrogens is 434 g/mol. The molecule has 1 aliphatic carbocycles. The number of hydrogen-bond donors (Lipinski definition) is 1. The molecular formula is C26H29N3O3S. The van der Waals surface area contributed by atoms with Crippen molar-refractivity contribution >= 4 is 40.9 Å². The zero-order valence-corrected chi connectivity index (χ0v) is 19.7. The Bertz CT molecular complexity index is 1080. The molecule has 2 aromatic rings. The fraction of sp³-hybridized carbons (Fsp3) is 0.423. The minimum Gasteiger partial charge on any atom is -0.339 e. The fourth-order valence-corrected chi connectivity index (χ4v) is 5.65. The van der Waals surface area contributed by atoms with Crippen molar-refractivity contribution in [1.29, 1.82) is 0 Å². The molecule has 1 spiro atoms. The first-order valence-electron chi connectivity index (χ1n) is 11.6. The van der Waals surface area contributed by atoms with Gasteiger partial charge in [0.2, 0.25) is 11.8 Å². The van der Waals surface area contributed by atoms with E-state index in [4.69, 9.17) is 0 Å². The summed E-state index contributed by atoms with van der Waals surface area (Å²) in [6.45, 7) is 2.05. The van der Waals surface area contributed by atoms with Crippen LogP contribution >= 0.6 is 11.8 Å². The molecule has 33 heavy (non-hydrogen) atoms. The minimum atomic E-state index is 0.00822. The smallest absolute Gasteiger partial charge is 0.253 e. The van der Waals surface area contributed by atoms with Gasteiger partial charge < -0.3 is 15.1 Å². The normalized spacial score (nSPS) is 21.4. The van der Waals surface area contributed by atoms with Crippen LogP contribution in [-0.4, -0.2) is 48.5 Å². The largest absolute Gasteiger partial charge is 0.339 e. The Balaban J connectivity index is 1.17. The lowest BCUT2D eigenvalue weighted by molar-refractivity contribution is -0.118. The maximum atomic E-state index is 13.1. The summed E-state index contributed by atoms with van der Waals surface area (Å²) in [5.41, 5.74) is 2.30. The zero-order valence-electron chi connectivity index (χ0n) is 18.9. The van der Waals surface area contributed by atoms with Gasteiger partial charge in [-0.25, -0.2) is 0 Å². The second-order valence-electron chi connectivity index (χ2n) is 9.33. The Morgan fingerprint density at radius 3 is 2.48 bits per heavy atom. The van der Waals surface area contributed by atoms with Crippen LogP contribution in [0.1, 0.15) is 42.5 Å². The first kappa shape index (κ1) is 22.0. The molecule has 0 radical (unpaired) electrons. The fourth-order valence-electron chi connectivity index (χ4n) is 5.24. The van der Waals surface area contributed by atoms with Gasteiger partial charge in [-0.15, -0.1) is 11.8 Å². The molecule has 6 nitrogen and oxygen atoms in total. The standard InChI is InChI=1S/C26H29N3O3S/c1-33-21-9-7-19(8-10-21)27-24(31)22-17-26(22)11-14-28(15-12-26)25(32)18-4-2-5-20(16-18)29-13-3-6-23(29)30/h2,4-5,7-10,16,22H,3,6,11-15,17H2,1H3,(H,27,31). The van der Waals surface area contributed by atoms with Crippen LogP contribution in [-0.2, 0) is 9.59 Å². The molecule has 3 fully saturated rings. The van der Waals surface area contributed by atoms with Crippen LogP contribution in [0.5, 0.6) is 0 Å². The number of carbonyl (C=O) groups is 3. The molecule has 7 heteroatoms. The number of carbonyl (C=O) groups excluding carboxylic acids is 3. The van der Waals surface area contributed by atoms with Gasteiger partial charge in [0.25, 0.3) is 5.91 Å². The molecule has 1 unspecified atom stereocenters. The Labute approximate surface area is 198 Å². The molecule has 2 heterocycles. The number of hydrogen-bond acceptors (Lipinski definition) is 4. The van der Waals surface area contributed by atoms with E-state index in [0.29, 0.717) is 31.6 Å². The highest BCUT2D eigenvalue weighted by Gasteiger charge is 2.58. The van der Waals surface area contributed by atoms with E-state index in [1.165, 1.54) is 4.90 Å². The first-order chi connectivity index (χ1) is 16.0. The van der Waals surface area contributed by atoms with Crippen LogP contribution in [0.25, 0.3) is 0 Å². The van der Waals surface area contributed by atoms with Gasteiger partial charge >= 0.3 is 0 Å². The Morgan fingerprint density at radius 2 is 1.82 bits per heavy atom. The van der Waals surface area contributed by atoms with Crippen LogP contribution in [0.4, 0.5) is 11.4 Å². The van der Waals surface area contributed by atoms with E-state index < -0.39 is 0 Å². The molecule has 2 aromatic carbocycles. The van der Waals surface area contributed by atoms with E-state index in [9.17, 15) is 14.4 Å². The van der Waals surface area contributed by atoms with Crippen LogP contribution in [0.3, 0.4) is 0 Å². The van der Waals surface area contributed by atoms with Crippen LogP contribution < -0.4 is 10.2 Å². The predicted molar refractivity (Wildman–Crippen MR) is 131 cm³/mol. The van der Waals surface area contributed by atoms with E-state index >= 15 is 0 Å². The molecule has 1 saturated carbocycles. The summed E-state index contributed by atoms with van der Waals surface area (Å²) in [5.74, 6) is 0.251. The highest BCUT2D eigenvalue weighted by Crippen LogP contribution is 2.59. The lowest BCUT2D eigenvalue weighted by Gasteiger charge is -2.33. The maximum Gasteiger partial charge on any atom is 0.253 e. The second-order valence-corrected chi connectivity index (χ2v) is 10.2. The molecule has 1 atom stereocenters. The Kier molecular flexibility index (Phi) is 5.91. The Hall–Kier alpha value is -2.80. The highest BCUT2D eigenvalue weighted by molar-refractivity contribution is 7.98. The summed E-state index contributed by atoms with van der Waals surface area (Å²) in [4.78, 5) is 42.8. The van der Waals surface area contributed by atoms with Crippen molar-refractivity contribution in [2.24, 2.45) is 11.3 Å². The molecule has 0 aromatic heterocycles. The average Bonchev–Trinajstić information content (AvgIpc) is 3.37. The van der Waals surface area contributed by atoms with Crippen molar-refractivity contribution in [1.82, 2.24) is 4.90 Å². The third kappa shape index (κ3) is 4.38. The molecule has 3 aliphatic rings. The highest BCUT2D eigenvalue weighted by atomic mass is 32.2. The lowest BCUT2D eigenvalue weighted by Crippen LogP contribution is -2.40. The van der Waals surface area contributed by atoms with Gasteiger partial charge in [0.1, 0.15) is 0 Å². The van der Waals surface area contributed by atoms with Gasteiger partial charge in [0.05, 0.1) is 0 Å². The van der Waals surface area contributed by atoms with E-state index in [2.05, 4.69) is 5.32 Å². The summed E-state index contributed by atoms with van der Waals surface area (Å²) >= 11 is 1.68. The first-order valence-corrected chi connectivity index (χ1v) is 12.9. The number of benzene rings is 2. The van der Waals surface area contributed by atoms with E-state index in [0.717, 1.165) is 37.1 Å². The van der Waals surface area contributed by atoms with Crippen molar-refractivity contribution in [3.05, 3.63) is 54.1 Å². The molecule has 2 aliphatic heterocycles. The molecule has 5 rings (SSSR count). The Morgan fingerprint density at radius 1 is 1.06 bits per heavy atom. The van der Waals surface area contributed by atoms with Crippen molar-refractivity contribution in [2.75, 3.05) is 36.1 Å². The van der Waals surface area contributed by atoms with Crippen LogP contribution in [0, 0.1) is 11.3 Å². The maximum absolute atomic E-state index is 13.1. The van der Waals surface area contributed by atoms with Crippen molar-refractivity contribution in [3.8, 4) is 0 Å². The van der Waals surface area contributed by atoms with Crippen molar-refractivity contribution < 1.29 is 14.4 Å². The number of anilines is 2. The number of amides is 3. The monoisotopic (exact) mass is 463 g/mol. The van der Waals surface area contributed by atoms with Crippen molar-refractivity contribution in [3.63, 3.8) is 0 Å². The van der Waals surface area contributed by atoms with Gasteiger partial charge in [-0.1, -0.05) is 6.07 Å². The van der Waals surface area contributed by atoms with Gasteiger partial charge in [0, 0.05) is 53.8 Å². The molecule has 3 amide bonds. The third-order valence-corrected chi connectivity index (χ3v) is 8.13. The van der Waals surface area contributed by atoms with Crippen LogP contribution in [0.2, 0.25) is 0 Å². The van der Waals surface area contributed by atoms with Crippen LogP contribution in [0.15, 0.2) is 53.4 Å². The SMILES string of the molecule is CSc1ccc(NC(=O)C2CC23CCN(C(=O)c2cccc(N4CCCC4=O)c2)CC3)cc1. The van der Waals surface area contributed by atoms with Gasteiger partial charge in [-0.2, -0.15) is 0 Å². The van der Waals surface area contributed by atoms with E-state index in [1.54, 1.807) is 16.7 Å². The van der Waals surface area contributed by atoms with E-state index in [-0.39, 0.29) is 29.1 Å². The number of nitrogens with zero attached hydrogens (tertiary/aromatic N) is 2. The summed E-state index contributed by atoms with van der Waals surface area (Å²) in [5, 5.41) is 3.06. The summed E-state index contributed by atoms with van der Waals surface area (Å²) < 4.78 is 0. The molecule has 172 valence electrons. The summed E-state index contributed by atoms with van der Waals surface area (Å²) in [6.07, 6.45) is 6.08. The molecule has 2 saturated heterocycles. The quantitative estimate of drug-likeness (QED) is 0.667. The van der Waals surface area contributed by atoms with Crippen molar-refractivity contribution in [2.45, 2.75) is 37.0 Å². The summed E-state index contributed by atoms with van der Waals surface area (Å²) in [6, 6.07) is 15.3. The molecule has 0 bridgehead atoms. The van der Waals surface area contributed by atoms with Gasteiger partial charge in [0.15, 0.2) is 0 Å². The number of piperidine rings is 1. The number of rotatable bonds is 5. The van der Waals surface area contributed by atoms with Gasteiger partial charge in [-0.05, 0) is 79.8 Å². The zero-order chi connectivity index (χ0) is 23.0. The topological polar surface area (TPSA) is 69.7 Å². The number of nitrogens with one attached hydrogen (secondary N) is 1. The summed E-state index contributed by atoms with van der Waals surface area (Å²) in [7, 11) is 0.